The van der Waals surface area contributed by atoms with E-state index in [1.54, 1.807) is 6.07 Å². The van der Waals surface area contributed by atoms with E-state index in [9.17, 15) is 4.79 Å². The Labute approximate surface area is 119 Å². The van der Waals surface area contributed by atoms with E-state index < -0.39 is 0 Å². The molecule has 104 valence electrons. The Bertz CT molecular complexity index is 600. The molecule has 0 spiro atoms. The molecule has 0 radical (unpaired) electrons. The first-order valence-corrected chi connectivity index (χ1v) is 6.76. The largest absolute Gasteiger partial charge is 0.399 e. The van der Waals surface area contributed by atoms with Crippen LogP contribution < -0.4 is 11.1 Å². The van der Waals surface area contributed by atoms with Gasteiger partial charge in [-0.15, -0.1) is 0 Å². The molecule has 3 N–H and O–H groups in total. The summed E-state index contributed by atoms with van der Waals surface area (Å²) < 4.78 is 0. The molecule has 0 atom stereocenters. The van der Waals surface area contributed by atoms with E-state index in [0.717, 1.165) is 12.0 Å². The van der Waals surface area contributed by atoms with E-state index in [0.29, 0.717) is 17.8 Å². The normalized spacial score (nSPS) is 10.3. The molecule has 0 aliphatic heterocycles. The molecule has 20 heavy (non-hydrogen) atoms. The van der Waals surface area contributed by atoms with Crippen LogP contribution in [-0.2, 0) is 6.42 Å². The SMILES string of the molecule is Cc1cc(N)cc(C(=O)NCCc2ccccc2C)c1. The van der Waals surface area contributed by atoms with E-state index >= 15 is 0 Å². The fourth-order valence-corrected chi connectivity index (χ4v) is 2.25. The molecule has 0 bridgehead atoms. The predicted molar refractivity (Wildman–Crippen MR) is 82.8 cm³/mol. The molecular weight excluding hydrogens is 248 g/mol. The number of nitrogen functional groups attached to an aromatic ring is 1. The quantitative estimate of drug-likeness (QED) is 0.838. The molecule has 0 aliphatic carbocycles. The Morgan fingerprint density at radius 1 is 1.15 bits per heavy atom. The zero-order valence-corrected chi connectivity index (χ0v) is 11.9. The van der Waals surface area contributed by atoms with Crippen molar-refractivity contribution in [3.8, 4) is 0 Å². The maximum atomic E-state index is 12.1. The van der Waals surface area contributed by atoms with E-state index in [1.807, 2.05) is 31.2 Å². The number of hydrogen-bond donors (Lipinski definition) is 2. The first-order chi connectivity index (χ1) is 9.56. The van der Waals surface area contributed by atoms with Crippen molar-refractivity contribution in [3.63, 3.8) is 0 Å². The zero-order valence-electron chi connectivity index (χ0n) is 11.9. The Morgan fingerprint density at radius 3 is 2.60 bits per heavy atom. The van der Waals surface area contributed by atoms with E-state index in [2.05, 4.69) is 24.4 Å². The molecule has 3 heteroatoms. The van der Waals surface area contributed by atoms with Crippen molar-refractivity contribution >= 4 is 11.6 Å². The van der Waals surface area contributed by atoms with Crippen LogP contribution in [0.2, 0.25) is 0 Å². The number of amides is 1. The highest BCUT2D eigenvalue weighted by atomic mass is 16.1. The highest BCUT2D eigenvalue weighted by Crippen LogP contribution is 2.11. The third-order valence-corrected chi connectivity index (χ3v) is 3.30. The lowest BCUT2D eigenvalue weighted by Gasteiger charge is -2.08. The van der Waals surface area contributed by atoms with Crippen LogP contribution in [-0.4, -0.2) is 12.5 Å². The first kappa shape index (κ1) is 14.1. The van der Waals surface area contributed by atoms with Crippen LogP contribution in [0.15, 0.2) is 42.5 Å². The zero-order chi connectivity index (χ0) is 14.5. The highest BCUT2D eigenvalue weighted by molar-refractivity contribution is 5.95. The lowest BCUT2D eigenvalue weighted by molar-refractivity contribution is 0.0954. The number of anilines is 1. The van der Waals surface area contributed by atoms with Gasteiger partial charge in [0.1, 0.15) is 0 Å². The molecule has 2 rings (SSSR count). The summed E-state index contributed by atoms with van der Waals surface area (Å²) in [4.78, 5) is 12.1. The minimum atomic E-state index is -0.0750. The summed E-state index contributed by atoms with van der Waals surface area (Å²) in [6.45, 7) is 4.64. The maximum absolute atomic E-state index is 12.1. The molecule has 0 saturated carbocycles. The molecule has 0 aliphatic rings. The maximum Gasteiger partial charge on any atom is 0.251 e. The number of rotatable bonds is 4. The highest BCUT2D eigenvalue weighted by Gasteiger charge is 2.06. The molecule has 1 amide bonds. The smallest absolute Gasteiger partial charge is 0.251 e. The third-order valence-electron chi connectivity index (χ3n) is 3.30. The minimum Gasteiger partial charge on any atom is -0.399 e. The van der Waals surface area contributed by atoms with Crippen LogP contribution in [0.5, 0.6) is 0 Å². The second-order valence-electron chi connectivity index (χ2n) is 5.06. The number of benzene rings is 2. The number of nitrogens with two attached hydrogens (primary N) is 1. The minimum absolute atomic E-state index is 0.0750. The van der Waals surface area contributed by atoms with Crippen molar-refractivity contribution in [1.82, 2.24) is 5.32 Å². The number of nitrogens with one attached hydrogen (secondary N) is 1. The summed E-state index contributed by atoms with van der Waals surface area (Å²) in [6, 6.07) is 13.6. The summed E-state index contributed by atoms with van der Waals surface area (Å²) in [6.07, 6.45) is 0.833. The Hall–Kier alpha value is -2.29. The fourth-order valence-electron chi connectivity index (χ4n) is 2.25. The van der Waals surface area contributed by atoms with Gasteiger partial charge >= 0.3 is 0 Å². The average Bonchev–Trinajstić information content (AvgIpc) is 2.39. The van der Waals surface area contributed by atoms with Gasteiger partial charge in [-0.2, -0.15) is 0 Å². The van der Waals surface area contributed by atoms with Crippen LogP contribution in [0.1, 0.15) is 27.0 Å². The van der Waals surface area contributed by atoms with Gasteiger partial charge in [-0.3, -0.25) is 4.79 Å². The Morgan fingerprint density at radius 2 is 1.90 bits per heavy atom. The van der Waals surface area contributed by atoms with Crippen LogP contribution in [0, 0.1) is 13.8 Å². The van der Waals surface area contributed by atoms with Gasteiger partial charge in [0.05, 0.1) is 0 Å². The topological polar surface area (TPSA) is 55.1 Å². The van der Waals surface area contributed by atoms with Crippen molar-refractivity contribution < 1.29 is 4.79 Å². The predicted octanol–water partition coefficient (Wildman–Crippen LogP) is 2.86. The van der Waals surface area contributed by atoms with Gasteiger partial charge in [-0.1, -0.05) is 24.3 Å². The van der Waals surface area contributed by atoms with Gasteiger partial charge in [0.15, 0.2) is 0 Å². The second-order valence-corrected chi connectivity index (χ2v) is 5.06. The molecule has 0 saturated heterocycles. The average molecular weight is 268 g/mol. The van der Waals surface area contributed by atoms with Gasteiger partial charge in [-0.05, 0) is 55.2 Å². The van der Waals surface area contributed by atoms with Gasteiger partial charge in [0.25, 0.3) is 5.91 Å². The molecule has 3 nitrogen and oxygen atoms in total. The fraction of sp³-hybridized carbons (Fsp3) is 0.235. The lowest BCUT2D eigenvalue weighted by Crippen LogP contribution is -2.26. The van der Waals surface area contributed by atoms with Crippen LogP contribution in [0.3, 0.4) is 0 Å². The van der Waals surface area contributed by atoms with Crippen molar-refractivity contribution in [1.29, 1.82) is 0 Å². The Kier molecular flexibility index (Phi) is 4.41. The summed E-state index contributed by atoms with van der Waals surface area (Å²) in [5.41, 5.74) is 10.5. The molecule has 0 unspecified atom stereocenters. The lowest BCUT2D eigenvalue weighted by atomic mass is 10.1. The van der Waals surface area contributed by atoms with Gasteiger partial charge in [-0.25, -0.2) is 0 Å². The monoisotopic (exact) mass is 268 g/mol. The summed E-state index contributed by atoms with van der Waals surface area (Å²) in [5.74, 6) is -0.0750. The first-order valence-electron chi connectivity index (χ1n) is 6.76. The molecule has 2 aromatic rings. The summed E-state index contributed by atoms with van der Waals surface area (Å²) >= 11 is 0. The van der Waals surface area contributed by atoms with Gasteiger partial charge in [0, 0.05) is 17.8 Å². The molecule has 0 aromatic heterocycles. The standard InChI is InChI=1S/C17H20N2O/c1-12-9-15(11-16(18)10-12)17(20)19-8-7-14-6-4-3-5-13(14)2/h3-6,9-11H,7-8,18H2,1-2H3,(H,19,20). The molecule has 0 heterocycles. The van der Waals surface area contributed by atoms with Crippen molar-refractivity contribution in [2.75, 3.05) is 12.3 Å². The van der Waals surface area contributed by atoms with Gasteiger partial charge < -0.3 is 11.1 Å². The van der Waals surface area contributed by atoms with Crippen LogP contribution in [0.4, 0.5) is 5.69 Å². The van der Waals surface area contributed by atoms with Gasteiger partial charge in [0.2, 0.25) is 0 Å². The number of carbonyl (C=O) groups is 1. The third kappa shape index (κ3) is 3.60. The Balaban J connectivity index is 1.94. The number of hydrogen-bond acceptors (Lipinski definition) is 2. The van der Waals surface area contributed by atoms with E-state index in [-0.39, 0.29) is 5.91 Å². The number of aryl methyl sites for hydroxylation is 2. The van der Waals surface area contributed by atoms with Crippen molar-refractivity contribution in [2.24, 2.45) is 0 Å². The molecular formula is C17H20N2O. The van der Waals surface area contributed by atoms with Crippen LogP contribution >= 0.6 is 0 Å². The molecule has 2 aromatic carbocycles. The summed E-state index contributed by atoms with van der Waals surface area (Å²) in [7, 11) is 0. The second kappa shape index (κ2) is 6.24. The van der Waals surface area contributed by atoms with E-state index in [4.69, 9.17) is 5.73 Å². The van der Waals surface area contributed by atoms with Crippen LogP contribution in [0.25, 0.3) is 0 Å². The number of carbonyl (C=O) groups excluding carboxylic acids is 1. The molecule has 0 fully saturated rings. The van der Waals surface area contributed by atoms with E-state index in [1.165, 1.54) is 11.1 Å². The summed E-state index contributed by atoms with van der Waals surface area (Å²) in [5, 5.41) is 2.93. The van der Waals surface area contributed by atoms with Crippen molar-refractivity contribution in [3.05, 3.63) is 64.7 Å². The van der Waals surface area contributed by atoms with Crippen molar-refractivity contribution in [2.45, 2.75) is 20.3 Å².